The number of anilines is 1. The Labute approximate surface area is 104 Å². The average Bonchev–Trinajstić information content (AvgIpc) is 2.37. The lowest BCUT2D eigenvalue weighted by molar-refractivity contribution is -0.137. The number of aromatic nitrogens is 1. The summed E-state index contributed by atoms with van der Waals surface area (Å²) in [5.74, 6) is 0.0140. The van der Waals surface area contributed by atoms with Crippen molar-refractivity contribution < 1.29 is 13.2 Å². The minimum atomic E-state index is -4.37. The van der Waals surface area contributed by atoms with Crippen LogP contribution in [0, 0.1) is 0 Å². The number of halogens is 3. The molecule has 2 N–H and O–H groups in total. The summed E-state index contributed by atoms with van der Waals surface area (Å²) in [4.78, 5) is 5.62. The second-order valence-corrected chi connectivity index (χ2v) is 4.45. The standard InChI is InChI=1S/C12H16F3N3/c13-12(14,15)10-5-3-6-17-11(10)18-7-2-1-4-9(18)8-16/h3,5-6,9H,1-2,4,7-8,16H2. The number of alkyl halides is 3. The molecule has 1 atom stereocenters. The van der Waals surface area contributed by atoms with E-state index in [1.807, 2.05) is 0 Å². The molecule has 0 amide bonds. The largest absolute Gasteiger partial charge is 0.419 e. The molecule has 1 unspecified atom stereocenters. The summed E-state index contributed by atoms with van der Waals surface area (Å²) >= 11 is 0. The van der Waals surface area contributed by atoms with Gasteiger partial charge in [-0.25, -0.2) is 4.98 Å². The van der Waals surface area contributed by atoms with Crippen molar-refractivity contribution in [2.75, 3.05) is 18.0 Å². The molecule has 0 radical (unpaired) electrons. The Hall–Kier alpha value is -1.30. The molecule has 1 aliphatic heterocycles. The van der Waals surface area contributed by atoms with Crippen LogP contribution in [0.25, 0.3) is 0 Å². The number of hydrogen-bond acceptors (Lipinski definition) is 3. The monoisotopic (exact) mass is 259 g/mol. The lowest BCUT2D eigenvalue weighted by Crippen LogP contribution is -2.45. The summed E-state index contributed by atoms with van der Waals surface area (Å²) in [5, 5.41) is 0. The second-order valence-electron chi connectivity index (χ2n) is 4.45. The first-order valence-corrected chi connectivity index (χ1v) is 6.03. The molecule has 0 spiro atoms. The van der Waals surface area contributed by atoms with E-state index in [0.717, 1.165) is 25.3 Å². The van der Waals surface area contributed by atoms with Crippen molar-refractivity contribution in [2.24, 2.45) is 5.73 Å². The van der Waals surface area contributed by atoms with Crippen LogP contribution in [-0.2, 0) is 6.18 Å². The Kier molecular flexibility index (Phi) is 3.75. The maximum atomic E-state index is 12.9. The van der Waals surface area contributed by atoms with Gasteiger partial charge in [-0.3, -0.25) is 0 Å². The first kappa shape index (κ1) is 13.1. The maximum absolute atomic E-state index is 12.9. The van der Waals surface area contributed by atoms with Crippen molar-refractivity contribution in [3.05, 3.63) is 23.9 Å². The van der Waals surface area contributed by atoms with Crippen LogP contribution in [0.1, 0.15) is 24.8 Å². The first-order chi connectivity index (χ1) is 8.54. The SMILES string of the molecule is NCC1CCCCN1c1ncccc1C(F)(F)F. The average molecular weight is 259 g/mol. The fourth-order valence-corrected chi connectivity index (χ4v) is 2.37. The molecule has 0 aromatic carbocycles. The predicted molar refractivity (Wildman–Crippen MR) is 63.3 cm³/mol. The second kappa shape index (κ2) is 5.14. The van der Waals surface area contributed by atoms with E-state index in [0.29, 0.717) is 13.1 Å². The Bertz CT molecular complexity index is 406. The van der Waals surface area contributed by atoms with Crippen molar-refractivity contribution in [1.82, 2.24) is 4.98 Å². The highest BCUT2D eigenvalue weighted by Gasteiger charge is 2.37. The molecule has 1 aromatic heterocycles. The number of nitrogens with zero attached hydrogens (tertiary/aromatic N) is 2. The number of rotatable bonds is 2. The van der Waals surface area contributed by atoms with E-state index >= 15 is 0 Å². The van der Waals surface area contributed by atoms with Crippen molar-refractivity contribution in [2.45, 2.75) is 31.5 Å². The Morgan fingerprint density at radius 1 is 1.39 bits per heavy atom. The van der Waals surface area contributed by atoms with E-state index < -0.39 is 11.7 Å². The van der Waals surface area contributed by atoms with Gasteiger partial charge in [0.05, 0.1) is 5.56 Å². The summed E-state index contributed by atoms with van der Waals surface area (Å²) in [6.07, 6.45) is -0.270. The molecule has 1 fully saturated rings. The molecule has 0 saturated carbocycles. The number of piperidine rings is 1. The normalized spacial score (nSPS) is 21.1. The quantitative estimate of drug-likeness (QED) is 0.887. The van der Waals surface area contributed by atoms with Crippen LogP contribution < -0.4 is 10.6 Å². The van der Waals surface area contributed by atoms with Crippen LogP contribution in [0.5, 0.6) is 0 Å². The summed E-state index contributed by atoms with van der Waals surface area (Å²) in [5.41, 5.74) is 4.96. The molecule has 1 saturated heterocycles. The number of nitrogens with two attached hydrogens (primary N) is 1. The van der Waals surface area contributed by atoms with Crippen molar-refractivity contribution in [3.63, 3.8) is 0 Å². The van der Waals surface area contributed by atoms with Gasteiger partial charge in [0, 0.05) is 25.3 Å². The smallest absolute Gasteiger partial charge is 0.352 e. The van der Waals surface area contributed by atoms with Gasteiger partial charge in [-0.15, -0.1) is 0 Å². The van der Waals surface area contributed by atoms with E-state index in [1.54, 1.807) is 4.90 Å². The van der Waals surface area contributed by atoms with Crippen molar-refractivity contribution in [3.8, 4) is 0 Å². The van der Waals surface area contributed by atoms with Crippen LogP contribution in [0.15, 0.2) is 18.3 Å². The molecule has 6 heteroatoms. The fourth-order valence-electron chi connectivity index (χ4n) is 2.37. The molecule has 0 bridgehead atoms. The third kappa shape index (κ3) is 2.58. The van der Waals surface area contributed by atoms with Gasteiger partial charge in [-0.2, -0.15) is 13.2 Å². The molecule has 1 aromatic rings. The molecule has 2 heterocycles. The summed E-state index contributed by atoms with van der Waals surface area (Å²) < 4.78 is 38.8. The Morgan fingerprint density at radius 2 is 2.17 bits per heavy atom. The Balaban J connectivity index is 2.37. The van der Waals surface area contributed by atoms with E-state index in [-0.39, 0.29) is 11.9 Å². The summed E-state index contributed by atoms with van der Waals surface area (Å²) in [7, 11) is 0. The van der Waals surface area contributed by atoms with Crippen LogP contribution in [-0.4, -0.2) is 24.1 Å². The van der Waals surface area contributed by atoms with Crippen molar-refractivity contribution >= 4 is 5.82 Å². The van der Waals surface area contributed by atoms with Crippen LogP contribution >= 0.6 is 0 Å². The maximum Gasteiger partial charge on any atom is 0.419 e. The number of hydrogen-bond donors (Lipinski definition) is 1. The zero-order valence-corrected chi connectivity index (χ0v) is 9.95. The van der Waals surface area contributed by atoms with Gasteiger partial charge >= 0.3 is 6.18 Å². The van der Waals surface area contributed by atoms with Gasteiger partial charge in [0.15, 0.2) is 0 Å². The van der Waals surface area contributed by atoms with Crippen LogP contribution in [0.4, 0.5) is 19.0 Å². The highest BCUT2D eigenvalue weighted by molar-refractivity contribution is 5.49. The lowest BCUT2D eigenvalue weighted by atomic mass is 10.0. The molecular weight excluding hydrogens is 243 g/mol. The van der Waals surface area contributed by atoms with Gasteiger partial charge in [-0.05, 0) is 31.4 Å². The van der Waals surface area contributed by atoms with Gasteiger partial charge < -0.3 is 10.6 Å². The third-order valence-corrected chi connectivity index (χ3v) is 3.26. The Morgan fingerprint density at radius 3 is 2.83 bits per heavy atom. The van der Waals surface area contributed by atoms with E-state index in [9.17, 15) is 13.2 Å². The van der Waals surface area contributed by atoms with E-state index in [4.69, 9.17) is 5.73 Å². The molecular formula is C12H16F3N3. The lowest BCUT2D eigenvalue weighted by Gasteiger charge is -2.37. The van der Waals surface area contributed by atoms with Crippen LogP contribution in [0.3, 0.4) is 0 Å². The van der Waals surface area contributed by atoms with Gasteiger partial charge in [-0.1, -0.05) is 0 Å². The van der Waals surface area contributed by atoms with Crippen LogP contribution in [0.2, 0.25) is 0 Å². The summed E-state index contributed by atoms with van der Waals surface area (Å²) in [6.45, 7) is 0.940. The van der Waals surface area contributed by atoms with Gasteiger partial charge in [0.1, 0.15) is 5.82 Å². The van der Waals surface area contributed by atoms with E-state index in [1.165, 1.54) is 12.3 Å². The number of pyridine rings is 1. The molecule has 1 aliphatic rings. The fraction of sp³-hybridized carbons (Fsp3) is 0.583. The first-order valence-electron chi connectivity index (χ1n) is 6.03. The molecule has 3 nitrogen and oxygen atoms in total. The summed E-state index contributed by atoms with van der Waals surface area (Å²) in [6, 6.07) is 2.34. The predicted octanol–water partition coefficient (Wildman–Crippen LogP) is 2.42. The highest BCUT2D eigenvalue weighted by atomic mass is 19.4. The van der Waals surface area contributed by atoms with E-state index in [2.05, 4.69) is 4.98 Å². The van der Waals surface area contributed by atoms with Gasteiger partial charge in [0.25, 0.3) is 0 Å². The highest BCUT2D eigenvalue weighted by Crippen LogP contribution is 2.36. The zero-order valence-electron chi connectivity index (χ0n) is 9.95. The van der Waals surface area contributed by atoms with Gasteiger partial charge in [0.2, 0.25) is 0 Å². The minimum absolute atomic E-state index is 0.0140. The molecule has 18 heavy (non-hydrogen) atoms. The molecule has 2 rings (SSSR count). The molecule has 100 valence electrons. The third-order valence-electron chi connectivity index (χ3n) is 3.26. The topological polar surface area (TPSA) is 42.1 Å². The van der Waals surface area contributed by atoms with Crippen molar-refractivity contribution in [1.29, 1.82) is 0 Å². The molecule has 0 aliphatic carbocycles. The zero-order chi connectivity index (χ0) is 13.2. The minimum Gasteiger partial charge on any atom is -0.352 e.